The van der Waals surface area contributed by atoms with E-state index in [0.717, 1.165) is 69.6 Å². The number of hydrogen-bond donors (Lipinski definition) is 3. The maximum Gasteiger partial charge on any atom is 0.191 e. The number of hydrogen-bond acceptors (Lipinski definition) is 4. The molecule has 0 bridgehead atoms. The van der Waals surface area contributed by atoms with E-state index in [1.807, 2.05) is 18.2 Å². The second-order valence-corrected chi connectivity index (χ2v) is 8.34. The molecule has 2 aliphatic heterocycles. The van der Waals surface area contributed by atoms with Gasteiger partial charge in [0.25, 0.3) is 0 Å². The number of aliphatic hydroxyl groups excluding tert-OH is 1. The molecule has 6 nitrogen and oxygen atoms in total. The van der Waals surface area contributed by atoms with Crippen molar-refractivity contribution < 1.29 is 14.6 Å². The molecule has 0 aliphatic carbocycles. The van der Waals surface area contributed by atoms with E-state index in [4.69, 9.17) is 21.1 Å². The van der Waals surface area contributed by atoms with Crippen LogP contribution in [0.1, 0.15) is 31.2 Å². The number of benzene rings is 1. The van der Waals surface area contributed by atoms with Crippen LogP contribution >= 0.6 is 11.6 Å². The lowest BCUT2D eigenvalue weighted by molar-refractivity contribution is 0.0514. The normalized spacial score (nSPS) is 24.9. The SMILES string of the molecule is CN=C(NCC1(CCO)CCOC1)NCC1(c2ccccc2Cl)CCOCC1. The molecule has 3 N–H and O–H groups in total. The van der Waals surface area contributed by atoms with Gasteiger partial charge in [-0.2, -0.15) is 0 Å². The molecule has 1 atom stereocenters. The van der Waals surface area contributed by atoms with Crippen molar-refractivity contribution in [2.75, 3.05) is 53.2 Å². The third-order valence-electron chi connectivity index (χ3n) is 6.17. The van der Waals surface area contributed by atoms with E-state index in [-0.39, 0.29) is 17.4 Å². The van der Waals surface area contributed by atoms with Crippen molar-refractivity contribution in [3.05, 3.63) is 34.9 Å². The van der Waals surface area contributed by atoms with Crippen LogP contribution in [0.5, 0.6) is 0 Å². The average molecular weight is 410 g/mol. The molecule has 2 aliphatic rings. The Morgan fingerprint density at radius 2 is 1.82 bits per heavy atom. The molecule has 3 rings (SSSR count). The van der Waals surface area contributed by atoms with Gasteiger partial charge in [-0.3, -0.25) is 4.99 Å². The Hall–Kier alpha value is -1.34. The van der Waals surface area contributed by atoms with E-state index in [0.29, 0.717) is 6.61 Å². The number of nitrogens with one attached hydrogen (secondary N) is 2. The molecule has 28 heavy (non-hydrogen) atoms. The van der Waals surface area contributed by atoms with Crippen LogP contribution in [0.15, 0.2) is 29.3 Å². The monoisotopic (exact) mass is 409 g/mol. The first-order valence-corrected chi connectivity index (χ1v) is 10.5. The first kappa shape index (κ1) is 21.4. The van der Waals surface area contributed by atoms with E-state index in [1.165, 1.54) is 5.56 Å². The molecular weight excluding hydrogens is 378 g/mol. The van der Waals surface area contributed by atoms with Gasteiger partial charge < -0.3 is 25.2 Å². The molecule has 156 valence electrons. The molecule has 2 saturated heterocycles. The minimum atomic E-state index is -0.0759. The fraction of sp³-hybridized carbons (Fsp3) is 0.667. The molecule has 0 saturated carbocycles. The van der Waals surface area contributed by atoms with Gasteiger partial charge >= 0.3 is 0 Å². The zero-order valence-electron chi connectivity index (χ0n) is 16.7. The summed E-state index contributed by atoms with van der Waals surface area (Å²) < 4.78 is 11.2. The number of ether oxygens (including phenoxy) is 2. The summed E-state index contributed by atoms with van der Waals surface area (Å²) >= 11 is 6.54. The summed E-state index contributed by atoms with van der Waals surface area (Å²) in [6, 6.07) is 8.10. The van der Waals surface area contributed by atoms with Crippen LogP contribution in [0, 0.1) is 5.41 Å². The van der Waals surface area contributed by atoms with Crippen LogP contribution in [-0.4, -0.2) is 64.2 Å². The van der Waals surface area contributed by atoms with Crippen LogP contribution in [0.2, 0.25) is 5.02 Å². The zero-order valence-corrected chi connectivity index (χ0v) is 17.4. The summed E-state index contributed by atoms with van der Waals surface area (Å²) in [6.07, 6.45) is 3.53. The number of guanidine groups is 1. The smallest absolute Gasteiger partial charge is 0.191 e. The van der Waals surface area contributed by atoms with Gasteiger partial charge in [0.15, 0.2) is 5.96 Å². The Balaban J connectivity index is 1.65. The average Bonchev–Trinajstić information content (AvgIpc) is 3.18. The Morgan fingerprint density at radius 3 is 2.46 bits per heavy atom. The highest BCUT2D eigenvalue weighted by molar-refractivity contribution is 6.31. The second-order valence-electron chi connectivity index (χ2n) is 7.93. The largest absolute Gasteiger partial charge is 0.396 e. The van der Waals surface area contributed by atoms with Crippen molar-refractivity contribution in [3.63, 3.8) is 0 Å². The molecule has 0 radical (unpaired) electrons. The molecular formula is C21H32ClN3O3. The van der Waals surface area contributed by atoms with Gasteiger partial charge in [0.1, 0.15) is 0 Å². The zero-order chi connectivity index (χ0) is 19.9. The Morgan fingerprint density at radius 1 is 1.11 bits per heavy atom. The lowest BCUT2D eigenvalue weighted by Gasteiger charge is -2.39. The second kappa shape index (κ2) is 9.92. The summed E-state index contributed by atoms with van der Waals surface area (Å²) in [4.78, 5) is 4.40. The first-order valence-electron chi connectivity index (χ1n) is 10.1. The van der Waals surface area contributed by atoms with Gasteiger partial charge in [-0.05, 0) is 37.3 Å². The van der Waals surface area contributed by atoms with Crippen molar-refractivity contribution in [2.45, 2.75) is 31.1 Å². The Bertz CT molecular complexity index is 656. The maximum absolute atomic E-state index is 9.42. The quantitative estimate of drug-likeness (QED) is 0.476. The van der Waals surface area contributed by atoms with Gasteiger partial charge in [0.05, 0.1) is 6.61 Å². The van der Waals surface area contributed by atoms with E-state index in [9.17, 15) is 5.11 Å². The number of halogens is 1. The van der Waals surface area contributed by atoms with Crippen LogP contribution in [-0.2, 0) is 14.9 Å². The van der Waals surface area contributed by atoms with E-state index < -0.39 is 0 Å². The third-order valence-corrected chi connectivity index (χ3v) is 6.50. The van der Waals surface area contributed by atoms with Gasteiger partial charge in [0.2, 0.25) is 0 Å². The van der Waals surface area contributed by atoms with Crippen LogP contribution in [0.25, 0.3) is 0 Å². The van der Waals surface area contributed by atoms with E-state index >= 15 is 0 Å². The minimum Gasteiger partial charge on any atom is -0.396 e. The summed E-state index contributed by atoms with van der Waals surface area (Å²) in [5, 5.41) is 17.2. The summed E-state index contributed by atoms with van der Waals surface area (Å²) in [7, 11) is 1.78. The van der Waals surface area contributed by atoms with E-state index in [1.54, 1.807) is 7.05 Å². The third kappa shape index (κ3) is 4.98. The summed E-state index contributed by atoms with van der Waals surface area (Å²) in [5.41, 5.74) is 1.07. The fourth-order valence-corrected chi connectivity index (χ4v) is 4.59. The van der Waals surface area contributed by atoms with Crippen molar-refractivity contribution in [1.82, 2.24) is 10.6 Å². The standard InChI is InChI=1S/C21H32ClN3O3/c1-23-19(24-14-20(6-10-26)7-11-28-16-20)25-15-21(8-12-27-13-9-21)17-4-2-3-5-18(17)22/h2-5,26H,6-16H2,1H3,(H2,23,24,25). The van der Waals surface area contributed by atoms with Crippen LogP contribution in [0.4, 0.5) is 0 Å². The van der Waals surface area contributed by atoms with Crippen molar-refractivity contribution in [2.24, 2.45) is 10.4 Å². The molecule has 0 spiro atoms. The molecule has 0 aromatic heterocycles. The molecule has 1 aromatic carbocycles. The predicted molar refractivity (Wildman–Crippen MR) is 112 cm³/mol. The van der Waals surface area contributed by atoms with Crippen molar-refractivity contribution in [1.29, 1.82) is 0 Å². The molecule has 0 amide bonds. The number of aliphatic imine (C=N–C) groups is 1. The van der Waals surface area contributed by atoms with Crippen LogP contribution in [0.3, 0.4) is 0 Å². The maximum atomic E-state index is 9.42. The Labute approximate surface area is 172 Å². The molecule has 1 unspecified atom stereocenters. The predicted octanol–water partition coefficient (Wildman–Crippen LogP) is 2.34. The van der Waals surface area contributed by atoms with Gasteiger partial charge in [0, 0.05) is 62.4 Å². The highest BCUT2D eigenvalue weighted by atomic mass is 35.5. The molecule has 7 heteroatoms. The highest BCUT2D eigenvalue weighted by Gasteiger charge is 2.37. The van der Waals surface area contributed by atoms with E-state index in [2.05, 4.69) is 21.7 Å². The van der Waals surface area contributed by atoms with Crippen LogP contribution < -0.4 is 10.6 Å². The first-order chi connectivity index (χ1) is 13.6. The fourth-order valence-electron chi connectivity index (χ4n) is 4.25. The number of aliphatic hydroxyl groups is 1. The molecule has 1 aromatic rings. The summed E-state index contributed by atoms with van der Waals surface area (Å²) in [6.45, 7) is 4.54. The van der Waals surface area contributed by atoms with Crippen molar-refractivity contribution >= 4 is 17.6 Å². The topological polar surface area (TPSA) is 75.1 Å². The summed E-state index contributed by atoms with van der Waals surface area (Å²) in [5.74, 6) is 0.766. The lowest BCUT2D eigenvalue weighted by Crippen LogP contribution is -2.50. The lowest BCUT2D eigenvalue weighted by atomic mass is 9.74. The minimum absolute atomic E-state index is 0.0223. The molecule has 2 fully saturated rings. The number of rotatable bonds is 7. The Kier molecular flexibility index (Phi) is 7.57. The number of nitrogens with zero attached hydrogens (tertiary/aromatic N) is 1. The van der Waals surface area contributed by atoms with Gasteiger partial charge in [-0.25, -0.2) is 0 Å². The molecule has 2 heterocycles. The highest BCUT2D eigenvalue weighted by Crippen LogP contribution is 2.38. The van der Waals surface area contributed by atoms with Gasteiger partial charge in [-0.15, -0.1) is 0 Å². The van der Waals surface area contributed by atoms with Gasteiger partial charge in [-0.1, -0.05) is 29.8 Å². The van der Waals surface area contributed by atoms with Crippen molar-refractivity contribution in [3.8, 4) is 0 Å².